The van der Waals surface area contributed by atoms with Crippen molar-refractivity contribution in [1.29, 1.82) is 5.26 Å². The third-order valence-electron chi connectivity index (χ3n) is 5.65. The summed E-state index contributed by atoms with van der Waals surface area (Å²) in [6, 6.07) is 19.6. The normalized spacial score (nSPS) is 15.4. The lowest BCUT2D eigenvalue weighted by Crippen LogP contribution is -2.25. The van der Waals surface area contributed by atoms with Gasteiger partial charge in [-0.3, -0.25) is 0 Å². The molecule has 1 atom stereocenters. The van der Waals surface area contributed by atoms with Gasteiger partial charge in [0.15, 0.2) is 0 Å². The maximum absolute atomic E-state index is 9.62. The van der Waals surface area contributed by atoms with Crippen LogP contribution in [-0.2, 0) is 12.8 Å². The van der Waals surface area contributed by atoms with Crippen molar-refractivity contribution >= 4 is 5.69 Å². The first kappa shape index (κ1) is 21.7. The third kappa shape index (κ3) is 5.01. The van der Waals surface area contributed by atoms with Gasteiger partial charge in [0.05, 0.1) is 12.1 Å². The zero-order chi connectivity index (χ0) is 22.3. The van der Waals surface area contributed by atoms with Gasteiger partial charge in [-0.15, -0.1) is 0 Å². The predicted molar refractivity (Wildman–Crippen MR) is 123 cm³/mol. The number of ether oxygens (including phenoxy) is 2. The van der Waals surface area contributed by atoms with Crippen molar-refractivity contribution in [1.82, 2.24) is 4.98 Å². The van der Waals surface area contributed by atoms with Gasteiger partial charge in [0.2, 0.25) is 5.88 Å². The Morgan fingerprint density at radius 3 is 2.78 bits per heavy atom. The van der Waals surface area contributed by atoms with Crippen molar-refractivity contribution in [2.45, 2.75) is 32.3 Å². The lowest BCUT2D eigenvalue weighted by Gasteiger charge is -2.23. The number of anilines is 1. The molecule has 0 spiro atoms. The standard InChI is InChI=1S/C26H27N3O3/c1-2-20-5-3-4-6-25(20)31-22-8-9-24(21(15-22)12-14-30)29-13-11-23(18-29)32-26-10-7-19(16-27)17-28-26/h3-10,15,17,23,30H,2,11-14,18H2,1H3. The van der Waals surface area contributed by atoms with Gasteiger partial charge in [-0.1, -0.05) is 25.1 Å². The van der Waals surface area contributed by atoms with Crippen molar-refractivity contribution < 1.29 is 14.6 Å². The lowest BCUT2D eigenvalue weighted by atomic mass is 10.1. The van der Waals surface area contributed by atoms with Gasteiger partial charge in [-0.05, 0) is 54.3 Å². The number of rotatable bonds is 8. The highest BCUT2D eigenvalue weighted by molar-refractivity contribution is 5.58. The van der Waals surface area contributed by atoms with Gasteiger partial charge in [-0.25, -0.2) is 4.98 Å². The largest absolute Gasteiger partial charge is 0.472 e. The highest BCUT2D eigenvalue weighted by atomic mass is 16.5. The predicted octanol–water partition coefficient (Wildman–Crippen LogP) is 4.50. The van der Waals surface area contributed by atoms with E-state index in [1.807, 2.05) is 30.3 Å². The molecule has 1 N–H and O–H groups in total. The highest BCUT2D eigenvalue weighted by Gasteiger charge is 2.26. The molecule has 1 aliphatic rings. The van der Waals surface area contributed by atoms with E-state index in [2.05, 4.69) is 35.0 Å². The maximum atomic E-state index is 9.62. The fraction of sp³-hybridized carbons (Fsp3) is 0.308. The number of nitriles is 1. The van der Waals surface area contributed by atoms with E-state index in [1.54, 1.807) is 12.1 Å². The molecular formula is C26H27N3O3. The van der Waals surface area contributed by atoms with Crippen LogP contribution in [0.15, 0.2) is 60.8 Å². The average Bonchev–Trinajstić information content (AvgIpc) is 3.28. The number of aliphatic hydroxyl groups is 1. The molecule has 1 aromatic heterocycles. The first-order chi connectivity index (χ1) is 15.7. The van der Waals surface area contributed by atoms with E-state index in [-0.39, 0.29) is 12.7 Å². The number of aromatic nitrogens is 1. The van der Waals surface area contributed by atoms with Crippen molar-refractivity contribution in [3.8, 4) is 23.4 Å². The van der Waals surface area contributed by atoms with Crippen LogP contribution in [0.5, 0.6) is 17.4 Å². The van der Waals surface area contributed by atoms with E-state index in [4.69, 9.17) is 14.7 Å². The van der Waals surface area contributed by atoms with Crippen molar-refractivity contribution in [3.63, 3.8) is 0 Å². The van der Waals surface area contributed by atoms with Crippen molar-refractivity contribution in [2.75, 3.05) is 24.6 Å². The highest BCUT2D eigenvalue weighted by Crippen LogP contribution is 2.32. The molecule has 1 saturated heterocycles. The first-order valence-electron chi connectivity index (χ1n) is 11.0. The zero-order valence-corrected chi connectivity index (χ0v) is 18.2. The minimum Gasteiger partial charge on any atom is -0.472 e. The maximum Gasteiger partial charge on any atom is 0.213 e. The van der Waals surface area contributed by atoms with Crippen molar-refractivity contribution in [2.24, 2.45) is 0 Å². The molecular weight excluding hydrogens is 402 g/mol. The summed E-state index contributed by atoms with van der Waals surface area (Å²) in [5, 5.41) is 18.5. The van der Waals surface area contributed by atoms with E-state index in [0.29, 0.717) is 17.9 Å². The average molecular weight is 430 g/mol. The van der Waals surface area contributed by atoms with Crippen LogP contribution in [0.3, 0.4) is 0 Å². The van der Waals surface area contributed by atoms with Crippen LogP contribution in [0.1, 0.15) is 30.0 Å². The number of aliphatic hydroxyl groups excluding tert-OH is 1. The van der Waals surface area contributed by atoms with Gasteiger partial charge in [0.25, 0.3) is 0 Å². The molecule has 6 heteroatoms. The quantitative estimate of drug-likeness (QED) is 0.568. The minimum atomic E-state index is 0.0183. The summed E-state index contributed by atoms with van der Waals surface area (Å²) in [7, 11) is 0. The van der Waals surface area contributed by atoms with Crippen LogP contribution in [-0.4, -0.2) is 35.9 Å². The van der Waals surface area contributed by atoms with Crippen molar-refractivity contribution in [3.05, 3.63) is 77.5 Å². The Hall–Kier alpha value is -3.56. The molecule has 164 valence electrons. The molecule has 2 heterocycles. The minimum absolute atomic E-state index is 0.0183. The SMILES string of the molecule is CCc1ccccc1Oc1ccc(N2CCC(Oc3ccc(C#N)cn3)C2)c(CCO)c1. The molecule has 1 unspecified atom stereocenters. The van der Waals surface area contributed by atoms with Gasteiger partial charge >= 0.3 is 0 Å². The molecule has 6 nitrogen and oxygen atoms in total. The van der Waals surface area contributed by atoms with E-state index in [1.165, 1.54) is 6.20 Å². The topological polar surface area (TPSA) is 78.6 Å². The fourth-order valence-corrected chi connectivity index (χ4v) is 4.01. The Kier molecular flexibility index (Phi) is 6.88. The Labute approximate surface area is 188 Å². The van der Waals surface area contributed by atoms with Crippen LogP contribution in [0, 0.1) is 11.3 Å². The Morgan fingerprint density at radius 2 is 2.03 bits per heavy atom. The summed E-state index contributed by atoms with van der Waals surface area (Å²) < 4.78 is 12.2. The summed E-state index contributed by atoms with van der Waals surface area (Å²) in [5.74, 6) is 2.17. The monoisotopic (exact) mass is 429 g/mol. The smallest absolute Gasteiger partial charge is 0.213 e. The van der Waals surface area contributed by atoms with E-state index in [0.717, 1.165) is 54.2 Å². The number of hydrogen-bond donors (Lipinski definition) is 1. The van der Waals surface area contributed by atoms with E-state index < -0.39 is 0 Å². The number of nitrogens with zero attached hydrogens (tertiary/aromatic N) is 3. The van der Waals surface area contributed by atoms with Gasteiger partial charge in [0.1, 0.15) is 23.7 Å². The molecule has 0 radical (unpaired) electrons. The Morgan fingerprint density at radius 1 is 1.16 bits per heavy atom. The second-order valence-corrected chi connectivity index (χ2v) is 7.80. The Bertz CT molecular complexity index is 1090. The van der Waals surface area contributed by atoms with Crippen LogP contribution in [0.4, 0.5) is 5.69 Å². The van der Waals surface area contributed by atoms with E-state index in [9.17, 15) is 5.11 Å². The summed E-state index contributed by atoms with van der Waals surface area (Å²) in [4.78, 5) is 6.49. The number of aryl methyl sites for hydroxylation is 1. The van der Waals surface area contributed by atoms with Gasteiger partial charge in [-0.2, -0.15) is 5.26 Å². The summed E-state index contributed by atoms with van der Waals surface area (Å²) >= 11 is 0. The summed E-state index contributed by atoms with van der Waals surface area (Å²) in [5.41, 5.74) is 3.82. The third-order valence-corrected chi connectivity index (χ3v) is 5.65. The molecule has 32 heavy (non-hydrogen) atoms. The molecule has 2 aromatic carbocycles. The summed E-state index contributed by atoms with van der Waals surface area (Å²) in [6.07, 6.45) is 3.88. The fourth-order valence-electron chi connectivity index (χ4n) is 4.01. The molecule has 4 rings (SSSR count). The number of pyridine rings is 1. The lowest BCUT2D eigenvalue weighted by molar-refractivity contribution is 0.216. The zero-order valence-electron chi connectivity index (χ0n) is 18.2. The van der Waals surface area contributed by atoms with Gasteiger partial charge in [0, 0.05) is 37.5 Å². The molecule has 1 aliphatic heterocycles. The van der Waals surface area contributed by atoms with Gasteiger partial charge < -0.3 is 19.5 Å². The Balaban J connectivity index is 1.47. The molecule has 0 bridgehead atoms. The second-order valence-electron chi connectivity index (χ2n) is 7.80. The number of para-hydroxylation sites is 1. The summed E-state index contributed by atoms with van der Waals surface area (Å²) in [6.45, 7) is 3.78. The molecule has 0 aliphatic carbocycles. The number of hydrogen-bond acceptors (Lipinski definition) is 6. The molecule has 1 fully saturated rings. The molecule has 0 saturated carbocycles. The van der Waals surface area contributed by atoms with Crippen LogP contribution in [0.25, 0.3) is 0 Å². The molecule has 0 amide bonds. The van der Waals surface area contributed by atoms with Crippen LogP contribution in [0.2, 0.25) is 0 Å². The molecule has 3 aromatic rings. The van der Waals surface area contributed by atoms with Crippen LogP contribution >= 0.6 is 0 Å². The van der Waals surface area contributed by atoms with Crippen LogP contribution < -0.4 is 14.4 Å². The number of benzene rings is 2. The first-order valence-corrected chi connectivity index (χ1v) is 11.0. The second kappa shape index (κ2) is 10.2. The van der Waals surface area contributed by atoms with E-state index >= 15 is 0 Å².